The second-order valence-corrected chi connectivity index (χ2v) is 12.0. The third-order valence-electron chi connectivity index (χ3n) is 9.13. The first-order valence-electron chi connectivity index (χ1n) is 15.9. The molecule has 4 heteroatoms. The van der Waals surface area contributed by atoms with E-state index in [1.54, 1.807) is 0 Å². The second kappa shape index (κ2) is 11.3. The van der Waals surface area contributed by atoms with Crippen LogP contribution in [-0.2, 0) is 0 Å². The summed E-state index contributed by atoms with van der Waals surface area (Å²) < 4.78 is 0. The van der Waals surface area contributed by atoms with Crippen LogP contribution in [-0.4, -0.2) is 9.97 Å². The molecule has 1 atom stereocenters. The van der Waals surface area contributed by atoms with Crippen LogP contribution in [0.3, 0.4) is 0 Å². The molecule has 0 amide bonds. The fourth-order valence-electron chi connectivity index (χ4n) is 6.93. The standard InChI is InChI=1S/C43H30N4/c1-3-12-29(13-4-1)35-26-41-43(45-28-35)47(36-16-5-2-6-17-36)42(46-41)34-23-32(31-15-11-21-44-27-31)22-33(24-34)40-25-30-14-7-8-18-37(30)38-19-9-10-20-39(38)40/h1-28,42,46H. The molecular formula is C43H30N4. The average Bonchev–Trinajstić information content (AvgIpc) is 3.54. The molecule has 1 aliphatic rings. The highest BCUT2D eigenvalue weighted by Crippen LogP contribution is 2.47. The Morgan fingerprint density at radius 3 is 2.02 bits per heavy atom. The third kappa shape index (κ3) is 4.79. The Hall–Kier alpha value is -6.26. The second-order valence-electron chi connectivity index (χ2n) is 12.0. The van der Waals surface area contributed by atoms with Crippen LogP contribution >= 0.6 is 0 Å². The number of aromatic nitrogens is 2. The third-order valence-corrected chi connectivity index (χ3v) is 9.13. The zero-order valence-electron chi connectivity index (χ0n) is 25.6. The predicted octanol–water partition coefficient (Wildman–Crippen LogP) is 11.0. The van der Waals surface area contributed by atoms with Crippen molar-refractivity contribution < 1.29 is 0 Å². The Labute approximate surface area is 273 Å². The van der Waals surface area contributed by atoms with Gasteiger partial charge in [0.2, 0.25) is 0 Å². The minimum absolute atomic E-state index is 0.187. The lowest BCUT2D eigenvalue weighted by molar-refractivity contribution is 0.821. The predicted molar refractivity (Wildman–Crippen MR) is 195 cm³/mol. The summed E-state index contributed by atoms with van der Waals surface area (Å²) >= 11 is 0. The number of rotatable bonds is 5. The normalized spacial score (nSPS) is 13.9. The quantitative estimate of drug-likeness (QED) is 0.199. The molecule has 2 aromatic heterocycles. The number of nitrogens with zero attached hydrogens (tertiary/aromatic N) is 3. The van der Waals surface area contributed by atoms with Crippen LogP contribution in [0.2, 0.25) is 0 Å². The monoisotopic (exact) mass is 602 g/mol. The Kier molecular flexibility index (Phi) is 6.50. The van der Waals surface area contributed by atoms with Gasteiger partial charge in [-0.1, -0.05) is 103 Å². The Morgan fingerprint density at radius 2 is 1.21 bits per heavy atom. The molecule has 8 aromatic rings. The summed E-state index contributed by atoms with van der Waals surface area (Å²) in [5.41, 5.74) is 10.0. The lowest BCUT2D eigenvalue weighted by Crippen LogP contribution is -2.24. The Bertz CT molecular complexity index is 2390. The van der Waals surface area contributed by atoms with Gasteiger partial charge in [-0.05, 0) is 97.9 Å². The number of pyridine rings is 2. The molecule has 47 heavy (non-hydrogen) atoms. The fourth-order valence-corrected chi connectivity index (χ4v) is 6.93. The topological polar surface area (TPSA) is 41.1 Å². The molecule has 222 valence electrons. The van der Waals surface area contributed by atoms with Gasteiger partial charge in [-0.2, -0.15) is 0 Å². The van der Waals surface area contributed by atoms with Gasteiger partial charge in [0, 0.05) is 35.4 Å². The van der Waals surface area contributed by atoms with Crippen molar-refractivity contribution in [3.63, 3.8) is 0 Å². The molecule has 1 aliphatic heterocycles. The van der Waals surface area contributed by atoms with Crippen molar-refractivity contribution in [2.75, 3.05) is 10.2 Å². The van der Waals surface area contributed by atoms with Gasteiger partial charge in [-0.3, -0.25) is 9.88 Å². The summed E-state index contributed by atoms with van der Waals surface area (Å²) in [5.74, 6) is 0.908. The minimum atomic E-state index is -0.187. The van der Waals surface area contributed by atoms with E-state index < -0.39 is 0 Å². The summed E-state index contributed by atoms with van der Waals surface area (Å²) in [6.45, 7) is 0. The van der Waals surface area contributed by atoms with Crippen LogP contribution in [0.25, 0.3) is 54.9 Å². The molecule has 0 radical (unpaired) electrons. The summed E-state index contributed by atoms with van der Waals surface area (Å²) in [4.78, 5) is 11.9. The van der Waals surface area contributed by atoms with Gasteiger partial charge in [0.15, 0.2) is 5.82 Å². The van der Waals surface area contributed by atoms with E-state index in [0.717, 1.165) is 50.6 Å². The highest BCUT2D eigenvalue weighted by atomic mass is 15.4. The Balaban J connectivity index is 1.26. The first kappa shape index (κ1) is 27.1. The molecule has 1 N–H and O–H groups in total. The van der Waals surface area contributed by atoms with E-state index in [9.17, 15) is 0 Å². The summed E-state index contributed by atoms with van der Waals surface area (Å²) in [5, 5.41) is 8.86. The number of nitrogens with one attached hydrogen (secondary N) is 1. The number of fused-ring (bicyclic) bond motifs is 4. The van der Waals surface area contributed by atoms with Crippen LogP contribution in [0.1, 0.15) is 11.7 Å². The minimum Gasteiger partial charge on any atom is -0.358 e. The van der Waals surface area contributed by atoms with Crippen molar-refractivity contribution in [2.24, 2.45) is 0 Å². The van der Waals surface area contributed by atoms with Gasteiger partial charge in [0.1, 0.15) is 6.17 Å². The van der Waals surface area contributed by atoms with Crippen molar-refractivity contribution in [3.05, 3.63) is 176 Å². The highest BCUT2D eigenvalue weighted by Gasteiger charge is 2.33. The van der Waals surface area contributed by atoms with Crippen LogP contribution < -0.4 is 10.2 Å². The van der Waals surface area contributed by atoms with Crippen molar-refractivity contribution >= 4 is 38.7 Å². The van der Waals surface area contributed by atoms with Gasteiger partial charge < -0.3 is 5.32 Å². The first-order chi connectivity index (χ1) is 23.3. The molecule has 4 nitrogen and oxygen atoms in total. The van der Waals surface area contributed by atoms with Gasteiger partial charge in [0.05, 0.1) is 5.69 Å². The number of hydrogen-bond acceptors (Lipinski definition) is 4. The molecule has 0 aliphatic carbocycles. The summed E-state index contributed by atoms with van der Waals surface area (Å²) in [6.07, 6.45) is 5.56. The van der Waals surface area contributed by atoms with Crippen molar-refractivity contribution in [1.82, 2.24) is 9.97 Å². The fraction of sp³-hybridized carbons (Fsp3) is 0.0233. The average molecular weight is 603 g/mol. The van der Waals surface area contributed by atoms with E-state index in [1.807, 2.05) is 30.7 Å². The maximum atomic E-state index is 5.06. The van der Waals surface area contributed by atoms with E-state index >= 15 is 0 Å². The SMILES string of the molecule is c1ccc(-c2cnc3c(c2)NC(c2cc(-c4cccnc4)cc(-c4cc5ccccc5c5ccccc45)c2)N3c2ccccc2)cc1. The zero-order chi connectivity index (χ0) is 31.2. The first-order valence-corrected chi connectivity index (χ1v) is 15.9. The molecule has 0 saturated heterocycles. The van der Waals surface area contributed by atoms with Gasteiger partial charge >= 0.3 is 0 Å². The molecule has 0 fully saturated rings. The zero-order valence-corrected chi connectivity index (χ0v) is 25.6. The molecule has 3 heterocycles. The maximum absolute atomic E-state index is 5.06. The largest absolute Gasteiger partial charge is 0.358 e. The van der Waals surface area contributed by atoms with Crippen LogP contribution in [0.15, 0.2) is 170 Å². The summed E-state index contributed by atoms with van der Waals surface area (Å²) in [6, 6.07) is 54.0. The van der Waals surface area contributed by atoms with Crippen LogP contribution in [0.4, 0.5) is 17.2 Å². The van der Waals surface area contributed by atoms with E-state index in [0.29, 0.717) is 0 Å². The van der Waals surface area contributed by atoms with Crippen LogP contribution in [0, 0.1) is 0 Å². The number of anilines is 3. The van der Waals surface area contributed by atoms with Gasteiger partial charge in [-0.25, -0.2) is 4.98 Å². The Morgan fingerprint density at radius 1 is 0.511 bits per heavy atom. The molecule has 9 rings (SSSR count). The highest BCUT2D eigenvalue weighted by molar-refractivity contribution is 6.14. The van der Waals surface area contributed by atoms with Gasteiger partial charge in [0.25, 0.3) is 0 Å². The molecule has 0 saturated carbocycles. The van der Waals surface area contributed by atoms with Crippen LogP contribution in [0.5, 0.6) is 0 Å². The maximum Gasteiger partial charge on any atom is 0.158 e. The molecule has 0 bridgehead atoms. The number of benzene rings is 6. The molecule has 1 unspecified atom stereocenters. The van der Waals surface area contributed by atoms with Crippen molar-refractivity contribution in [3.8, 4) is 33.4 Å². The van der Waals surface area contributed by atoms with E-state index in [-0.39, 0.29) is 6.17 Å². The summed E-state index contributed by atoms with van der Waals surface area (Å²) in [7, 11) is 0. The van der Waals surface area contributed by atoms with E-state index in [4.69, 9.17) is 4.98 Å². The lowest BCUT2D eigenvalue weighted by atomic mass is 9.90. The van der Waals surface area contributed by atoms with Crippen molar-refractivity contribution in [1.29, 1.82) is 0 Å². The molecule has 6 aromatic carbocycles. The molecular weight excluding hydrogens is 573 g/mol. The number of hydrogen-bond donors (Lipinski definition) is 1. The number of para-hydroxylation sites is 1. The smallest absolute Gasteiger partial charge is 0.158 e. The van der Waals surface area contributed by atoms with E-state index in [1.165, 1.54) is 27.1 Å². The lowest BCUT2D eigenvalue weighted by Gasteiger charge is -2.27. The molecule has 0 spiro atoms. The van der Waals surface area contributed by atoms with E-state index in [2.05, 4.69) is 155 Å². The van der Waals surface area contributed by atoms with Crippen molar-refractivity contribution in [2.45, 2.75) is 6.17 Å². The van der Waals surface area contributed by atoms with Gasteiger partial charge in [-0.15, -0.1) is 0 Å².